The molecule has 200 valence electrons. The number of aliphatic hydroxyl groups excluding tert-OH is 1. The lowest BCUT2D eigenvalue weighted by molar-refractivity contribution is -0.184. The Labute approximate surface area is 221 Å². The molecule has 2 aromatic carbocycles. The second-order valence-corrected chi connectivity index (χ2v) is 15.4. The van der Waals surface area contributed by atoms with E-state index in [1.807, 2.05) is 12.1 Å². The minimum Gasteiger partial charge on any atom is -0.466 e. The first-order chi connectivity index (χ1) is 17.7. The minimum atomic E-state index is -2.61. The van der Waals surface area contributed by atoms with Gasteiger partial charge in [-0.05, 0) is 40.8 Å². The Morgan fingerprint density at radius 2 is 1.70 bits per heavy atom. The fraction of sp³-hybridized carbons (Fsp3) is 0.500. The Hall–Kier alpha value is -2.29. The molecule has 0 bridgehead atoms. The van der Waals surface area contributed by atoms with Crippen molar-refractivity contribution in [2.45, 2.75) is 75.4 Å². The molecule has 0 saturated carbocycles. The summed E-state index contributed by atoms with van der Waals surface area (Å²) in [5.74, 6) is -0.421. The van der Waals surface area contributed by atoms with E-state index in [2.05, 4.69) is 74.0 Å². The van der Waals surface area contributed by atoms with Gasteiger partial charge in [0.2, 0.25) is 0 Å². The molecule has 0 aliphatic carbocycles. The SMILES string of the molecule is COC(=O)C=C[C@H]1C[C@]2(CO)O[C@@H](CCO[Si](c3ccccc3)(c3ccccc3)C(C)(C)C)CC[C@@H]2O1. The summed E-state index contributed by atoms with van der Waals surface area (Å²) in [4.78, 5) is 11.5. The van der Waals surface area contributed by atoms with Gasteiger partial charge in [-0.2, -0.15) is 0 Å². The molecule has 0 radical (unpaired) electrons. The van der Waals surface area contributed by atoms with E-state index >= 15 is 0 Å². The monoisotopic (exact) mass is 524 g/mol. The van der Waals surface area contributed by atoms with Crippen molar-refractivity contribution in [2.75, 3.05) is 20.3 Å². The number of benzene rings is 2. The molecule has 4 rings (SSSR count). The molecule has 4 atom stereocenters. The van der Waals surface area contributed by atoms with E-state index in [4.69, 9.17) is 13.9 Å². The van der Waals surface area contributed by atoms with Crippen molar-refractivity contribution in [1.82, 2.24) is 0 Å². The molecule has 2 aliphatic rings. The van der Waals surface area contributed by atoms with Gasteiger partial charge in [0.1, 0.15) is 5.60 Å². The van der Waals surface area contributed by atoms with Crippen molar-refractivity contribution in [2.24, 2.45) is 0 Å². The van der Waals surface area contributed by atoms with E-state index in [0.29, 0.717) is 13.0 Å². The molecule has 0 amide bonds. The highest BCUT2D eigenvalue weighted by atomic mass is 28.4. The standard InChI is InChI=1S/C30H40O6Si/c1-29(2,3)37(25-11-7-5-8-12-25,26-13-9-6-10-14-26)34-20-19-23-15-17-27-30(22-31,36-23)21-24(35-27)16-18-28(32)33-4/h5-14,16,18,23-24,27,31H,15,17,19-22H2,1-4H3/t23-,24+,27+,30-/m1/s1. The molecule has 37 heavy (non-hydrogen) atoms. The third kappa shape index (κ3) is 5.76. The first-order valence-electron chi connectivity index (χ1n) is 13.2. The predicted octanol–water partition coefficient (Wildman–Crippen LogP) is 3.75. The Kier molecular flexibility index (Phi) is 8.71. The molecule has 2 aromatic rings. The maximum absolute atomic E-state index is 11.5. The molecule has 2 aliphatic heterocycles. The van der Waals surface area contributed by atoms with E-state index in [0.717, 1.165) is 19.3 Å². The van der Waals surface area contributed by atoms with E-state index in [-0.39, 0.29) is 30.0 Å². The summed E-state index contributed by atoms with van der Waals surface area (Å²) in [5, 5.41) is 12.8. The molecule has 2 fully saturated rings. The number of fused-ring (bicyclic) bond motifs is 1. The summed E-state index contributed by atoms with van der Waals surface area (Å²) in [6, 6.07) is 21.3. The Morgan fingerprint density at radius 1 is 1.08 bits per heavy atom. The van der Waals surface area contributed by atoms with Crippen LogP contribution < -0.4 is 10.4 Å². The number of methoxy groups -OCH3 is 1. The smallest absolute Gasteiger partial charge is 0.330 e. The number of aliphatic hydroxyl groups is 1. The van der Waals surface area contributed by atoms with Crippen LogP contribution in [0.5, 0.6) is 0 Å². The zero-order valence-corrected chi connectivity index (χ0v) is 23.4. The van der Waals surface area contributed by atoms with Crippen LogP contribution in [0.2, 0.25) is 5.04 Å². The second-order valence-electron chi connectivity index (χ2n) is 11.1. The van der Waals surface area contributed by atoms with Crippen LogP contribution in [0.1, 0.15) is 46.5 Å². The summed E-state index contributed by atoms with van der Waals surface area (Å²) in [6.07, 6.45) is 5.44. The fourth-order valence-corrected chi connectivity index (χ4v) is 10.5. The first-order valence-corrected chi connectivity index (χ1v) is 15.1. The van der Waals surface area contributed by atoms with Gasteiger partial charge in [0, 0.05) is 19.1 Å². The molecule has 0 unspecified atom stereocenters. The van der Waals surface area contributed by atoms with E-state index in [1.54, 1.807) is 6.08 Å². The maximum atomic E-state index is 11.5. The lowest BCUT2D eigenvalue weighted by Crippen LogP contribution is -2.66. The number of ether oxygens (including phenoxy) is 3. The van der Waals surface area contributed by atoms with Crippen LogP contribution in [0.25, 0.3) is 0 Å². The lowest BCUT2D eigenvalue weighted by atomic mass is 9.86. The van der Waals surface area contributed by atoms with E-state index in [9.17, 15) is 9.90 Å². The van der Waals surface area contributed by atoms with Gasteiger partial charge in [-0.3, -0.25) is 0 Å². The molecular weight excluding hydrogens is 484 g/mol. The van der Waals surface area contributed by atoms with Crippen LogP contribution in [-0.2, 0) is 23.4 Å². The van der Waals surface area contributed by atoms with E-state index < -0.39 is 19.9 Å². The van der Waals surface area contributed by atoms with Crippen molar-refractivity contribution < 1.29 is 28.5 Å². The Bertz CT molecular complexity index is 1010. The van der Waals surface area contributed by atoms with Crippen molar-refractivity contribution in [1.29, 1.82) is 0 Å². The number of hydrogen-bond acceptors (Lipinski definition) is 6. The van der Waals surface area contributed by atoms with Crippen LogP contribution in [0, 0.1) is 0 Å². The summed E-state index contributed by atoms with van der Waals surface area (Å²) in [7, 11) is -1.26. The van der Waals surface area contributed by atoms with Crippen LogP contribution >= 0.6 is 0 Å². The number of rotatable bonds is 9. The van der Waals surface area contributed by atoms with Gasteiger partial charge in [0.15, 0.2) is 0 Å². The normalized spacial score (nSPS) is 26.2. The quantitative estimate of drug-likeness (QED) is 0.306. The predicted molar refractivity (Wildman–Crippen MR) is 147 cm³/mol. The van der Waals surface area contributed by atoms with Gasteiger partial charge in [0.05, 0.1) is 32.0 Å². The van der Waals surface area contributed by atoms with Crippen LogP contribution in [0.3, 0.4) is 0 Å². The largest absolute Gasteiger partial charge is 0.466 e. The van der Waals surface area contributed by atoms with Crippen LogP contribution in [0.4, 0.5) is 0 Å². The van der Waals surface area contributed by atoms with Gasteiger partial charge in [-0.15, -0.1) is 0 Å². The third-order valence-electron chi connectivity index (χ3n) is 7.72. The lowest BCUT2D eigenvalue weighted by Gasteiger charge is -2.44. The topological polar surface area (TPSA) is 74.2 Å². The molecule has 0 aromatic heterocycles. The van der Waals surface area contributed by atoms with Crippen molar-refractivity contribution in [3.05, 3.63) is 72.8 Å². The highest BCUT2D eigenvalue weighted by molar-refractivity contribution is 6.99. The van der Waals surface area contributed by atoms with Gasteiger partial charge in [0.25, 0.3) is 8.32 Å². The molecule has 2 heterocycles. The average molecular weight is 525 g/mol. The number of esters is 1. The molecule has 1 N–H and O–H groups in total. The maximum Gasteiger partial charge on any atom is 0.330 e. The van der Waals surface area contributed by atoms with E-state index in [1.165, 1.54) is 23.6 Å². The zero-order chi connectivity index (χ0) is 26.5. The number of hydrogen-bond donors (Lipinski definition) is 1. The second kappa shape index (κ2) is 11.6. The molecule has 7 heteroatoms. The highest BCUT2D eigenvalue weighted by Gasteiger charge is 2.53. The fourth-order valence-electron chi connectivity index (χ4n) is 5.92. The summed E-state index contributed by atoms with van der Waals surface area (Å²) in [6.45, 7) is 7.28. The van der Waals surface area contributed by atoms with Gasteiger partial charge >= 0.3 is 5.97 Å². The van der Waals surface area contributed by atoms with Crippen LogP contribution in [-0.4, -0.2) is 63.6 Å². The summed E-state index contributed by atoms with van der Waals surface area (Å²) in [5.41, 5.74) is -0.758. The minimum absolute atomic E-state index is 0.0337. The van der Waals surface area contributed by atoms with Gasteiger partial charge in [-0.1, -0.05) is 81.4 Å². The Morgan fingerprint density at radius 3 is 2.24 bits per heavy atom. The van der Waals surface area contributed by atoms with Crippen molar-refractivity contribution >= 4 is 24.7 Å². The van der Waals surface area contributed by atoms with Crippen molar-refractivity contribution in [3.63, 3.8) is 0 Å². The number of carbonyl (C=O) groups is 1. The molecule has 0 spiro atoms. The summed E-state index contributed by atoms with van der Waals surface area (Å²) >= 11 is 0. The first kappa shape index (κ1) is 27.7. The summed E-state index contributed by atoms with van der Waals surface area (Å²) < 4.78 is 24.4. The zero-order valence-electron chi connectivity index (χ0n) is 22.4. The average Bonchev–Trinajstić information content (AvgIpc) is 3.28. The van der Waals surface area contributed by atoms with Gasteiger partial charge < -0.3 is 23.7 Å². The molecular formula is C30H40O6Si. The van der Waals surface area contributed by atoms with Gasteiger partial charge in [-0.25, -0.2) is 4.79 Å². The third-order valence-corrected chi connectivity index (χ3v) is 12.8. The van der Waals surface area contributed by atoms with Crippen molar-refractivity contribution in [3.8, 4) is 0 Å². The van der Waals surface area contributed by atoms with Crippen LogP contribution in [0.15, 0.2) is 72.8 Å². The highest BCUT2D eigenvalue weighted by Crippen LogP contribution is 2.43. The molecule has 6 nitrogen and oxygen atoms in total. The molecule has 2 saturated heterocycles. The Balaban J connectivity index is 1.49. The number of carbonyl (C=O) groups excluding carboxylic acids is 1.